The summed E-state index contributed by atoms with van der Waals surface area (Å²) < 4.78 is 0. The van der Waals surface area contributed by atoms with Crippen LogP contribution in [0.4, 0.5) is 0 Å². The van der Waals surface area contributed by atoms with E-state index in [1.165, 1.54) is 12.6 Å². The van der Waals surface area contributed by atoms with Crippen molar-refractivity contribution in [3.05, 3.63) is 0 Å². The molecular weight excluding hydrogens is 139 g/mol. The molecule has 0 N–H and O–H groups in total. The second kappa shape index (κ2) is 22.7. The summed E-state index contributed by atoms with van der Waals surface area (Å²) in [6.45, 7) is 6.88. The highest BCUT2D eigenvalue weighted by atomic mass is 31.1. The Morgan fingerprint density at radius 2 is 1.20 bits per heavy atom. The average molecular weight is 168 g/mol. The van der Waals surface area contributed by atoms with Crippen LogP contribution >= 0.6 is 7.92 Å². The Labute approximate surface area is 71.2 Å². The van der Waals surface area contributed by atoms with Gasteiger partial charge in [0.15, 0.2) is 0 Å². The Hall–Kier alpha value is 0.430. The van der Waals surface area contributed by atoms with Crippen molar-refractivity contribution in [1.82, 2.24) is 0 Å². The molecule has 0 aliphatic heterocycles. The van der Waals surface area contributed by atoms with Crippen LogP contribution in [0.3, 0.4) is 0 Å². The van der Waals surface area contributed by atoms with Crippen LogP contribution in [0.2, 0.25) is 0 Å². The molecule has 0 bridgehead atoms. The summed E-state index contributed by atoms with van der Waals surface area (Å²) in [4.78, 5) is 0. The molecule has 0 aromatic rings. The van der Waals surface area contributed by atoms with Crippen LogP contribution in [0.25, 0.3) is 0 Å². The molecule has 0 amide bonds. The van der Waals surface area contributed by atoms with Crippen LogP contribution in [0.1, 0.15) is 43.1 Å². The molecule has 0 atom stereocenters. The molecule has 0 aromatic carbocycles. The molecule has 0 aliphatic carbocycles. The lowest BCUT2D eigenvalue weighted by Crippen LogP contribution is -1.73. The zero-order valence-corrected chi connectivity index (χ0v) is 5.76. The molecule has 10 heavy (non-hydrogen) atoms. The number of rotatable bonds is 2. The second-order valence-corrected chi connectivity index (χ2v) is 4.41. The highest BCUT2D eigenvalue weighted by Crippen LogP contribution is 2.23. The number of hydrogen-bond acceptors (Lipinski definition) is 0. The molecule has 70 valence electrons. The SMILES string of the molecule is C.C.C.C.CCCP(C)C. The average Bonchev–Trinajstić information content (AvgIpc) is 1.35. The summed E-state index contributed by atoms with van der Waals surface area (Å²) in [6.07, 6.45) is 2.80. The van der Waals surface area contributed by atoms with Crippen molar-refractivity contribution in [2.75, 3.05) is 19.5 Å². The molecule has 0 spiro atoms. The van der Waals surface area contributed by atoms with Crippen LogP contribution in [0, 0.1) is 0 Å². The quantitative estimate of drug-likeness (QED) is 0.525. The lowest BCUT2D eigenvalue weighted by Gasteiger charge is -1.97. The first-order valence-electron chi connectivity index (χ1n) is 2.42. The first kappa shape index (κ1) is 31.5. The standard InChI is InChI=1S/C5H13P.4CH4/c1-4-5-6(2)3;;;;/h4-5H2,1-3H3;4*1H4. The minimum Gasteiger partial charge on any atom is -0.113 e. The normalized spacial score (nSPS) is 6.00. The monoisotopic (exact) mass is 168 g/mol. The lowest BCUT2D eigenvalue weighted by atomic mass is 10.6. The Morgan fingerprint density at radius 3 is 1.20 bits per heavy atom. The Bertz CT molecular complexity index is 25.9. The maximum atomic E-state index is 2.32. The van der Waals surface area contributed by atoms with Crippen LogP contribution in [-0.4, -0.2) is 19.5 Å². The molecule has 1 heteroatoms. The molecule has 0 radical (unpaired) electrons. The Kier molecular flexibility index (Phi) is 71.5. The minimum atomic E-state index is 0. The fourth-order valence-corrected chi connectivity index (χ4v) is 1.34. The van der Waals surface area contributed by atoms with Crippen LogP contribution in [-0.2, 0) is 0 Å². The van der Waals surface area contributed by atoms with Gasteiger partial charge in [-0.05, 0) is 19.5 Å². The van der Waals surface area contributed by atoms with Crippen molar-refractivity contribution in [2.24, 2.45) is 0 Å². The van der Waals surface area contributed by atoms with Gasteiger partial charge in [-0.1, -0.05) is 43.1 Å². The summed E-state index contributed by atoms with van der Waals surface area (Å²) in [5.74, 6) is 0. The Balaban J connectivity index is -0.0000000208. The molecule has 0 rings (SSSR count). The molecule has 0 aliphatic rings. The van der Waals surface area contributed by atoms with Gasteiger partial charge in [-0.25, -0.2) is 0 Å². The predicted octanol–water partition coefficient (Wildman–Crippen LogP) is 4.68. The molecule has 0 saturated heterocycles. The van der Waals surface area contributed by atoms with Crippen LogP contribution in [0.15, 0.2) is 0 Å². The van der Waals surface area contributed by atoms with Crippen molar-refractivity contribution in [2.45, 2.75) is 43.1 Å². The molecule has 0 fully saturated rings. The van der Waals surface area contributed by atoms with E-state index in [1.54, 1.807) is 0 Å². The molecule has 0 saturated carbocycles. The van der Waals surface area contributed by atoms with Gasteiger partial charge in [-0.15, -0.1) is 7.92 Å². The summed E-state index contributed by atoms with van der Waals surface area (Å²) in [7, 11) is 0.399. The van der Waals surface area contributed by atoms with Crippen molar-refractivity contribution in [1.29, 1.82) is 0 Å². The molecule has 0 unspecified atom stereocenters. The fourth-order valence-electron chi connectivity index (χ4n) is 0.447. The van der Waals surface area contributed by atoms with E-state index in [9.17, 15) is 0 Å². The summed E-state index contributed by atoms with van der Waals surface area (Å²) in [5.41, 5.74) is 0. The van der Waals surface area contributed by atoms with Crippen molar-refractivity contribution >= 4 is 7.92 Å². The molecule has 0 nitrogen and oxygen atoms in total. The summed E-state index contributed by atoms with van der Waals surface area (Å²) in [6, 6.07) is 0. The van der Waals surface area contributed by atoms with Gasteiger partial charge in [0.1, 0.15) is 0 Å². The minimum absolute atomic E-state index is 0. The maximum absolute atomic E-state index is 2.32. The van der Waals surface area contributed by atoms with Crippen molar-refractivity contribution < 1.29 is 0 Å². The molecular formula is C9H29P. The van der Waals surface area contributed by atoms with Crippen LogP contribution < -0.4 is 0 Å². The van der Waals surface area contributed by atoms with E-state index < -0.39 is 0 Å². The van der Waals surface area contributed by atoms with Crippen molar-refractivity contribution in [3.63, 3.8) is 0 Å². The topological polar surface area (TPSA) is 0 Å². The van der Waals surface area contributed by atoms with Gasteiger partial charge in [0, 0.05) is 0 Å². The first-order chi connectivity index (χ1) is 2.77. The fraction of sp³-hybridized carbons (Fsp3) is 1.00. The van der Waals surface area contributed by atoms with Gasteiger partial charge < -0.3 is 0 Å². The van der Waals surface area contributed by atoms with Gasteiger partial charge in [0.25, 0.3) is 0 Å². The smallest absolute Gasteiger partial charge is 0.0333 e. The van der Waals surface area contributed by atoms with E-state index in [2.05, 4.69) is 20.3 Å². The highest BCUT2D eigenvalue weighted by molar-refractivity contribution is 7.55. The molecule has 0 heterocycles. The van der Waals surface area contributed by atoms with E-state index in [0.29, 0.717) is 7.92 Å². The zero-order chi connectivity index (χ0) is 4.99. The highest BCUT2D eigenvalue weighted by Gasteiger charge is 1.84. The van der Waals surface area contributed by atoms with E-state index in [-0.39, 0.29) is 29.7 Å². The van der Waals surface area contributed by atoms with E-state index in [0.717, 1.165) is 0 Å². The predicted molar refractivity (Wildman–Crippen MR) is 60.9 cm³/mol. The Morgan fingerprint density at radius 1 is 0.900 bits per heavy atom. The van der Waals surface area contributed by atoms with Gasteiger partial charge in [0.05, 0.1) is 0 Å². The van der Waals surface area contributed by atoms with E-state index in [1.807, 2.05) is 0 Å². The molecule has 0 aromatic heterocycles. The third-order valence-corrected chi connectivity index (χ3v) is 2.01. The van der Waals surface area contributed by atoms with Crippen LogP contribution in [0.5, 0.6) is 0 Å². The first-order valence-corrected chi connectivity index (χ1v) is 4.84. The third-order valence-electron chi connectivity index (χ3n) is 0.671. The van der Waals surface area contributed by atoms with E-state index in [4.69, 9.17) is 0 Å². The number of hydrogen-bond donors (Lipinski definition) is 0. The van der Waals surface area contributed by atoms with Gasteiger partial charge in [0.2, 0.25) is 0 Å². The van der Waals surface area contributed by atoms with Gasteiger partial charge in [-0.3, -0.25) is 0 Å². The second-order valence-electron chi connectivity index (χ2n) is 1.80. The van der Waals surface area contributed by atoms with Gasteiger partial charge in [-0.2, -0.15) is 0 Å². The van der Waals surface area contributed by atoms with E-state index >= 15 is 0 Å². The lowest BCUT2D eigenvalue weighted by molar-refractivity contribution is 1.10. The maximum Gasteiger partial charge on any atom is -0.0333 e. The largest absolute Gasteiger partial charge is 0.113 e. The summed E-state index contributed by atoms with van der Waals surface area (Å²) in [5, 5.41) is 0. The summed E-state index contributed by atoms with van der Waals surface area (Å²) >= 11 is 0. The zero-order valence-electron chi connectivity index (χ0n) is 4.86. The van der Waals surface area contributed by atoms with Crippen molar-refractivity contribution in [3.8, 4) is 0 Å². The third kappa shape index (κ3) is 39.6. The van der Waals surface area contributed by atoms with Gasteiger partial charge >= 0.3 is 0 Å².